The Labute approximate surface area is 223 Å². The molecule has 1 aliphatic heterocycles. The normalized spacial score (nSPS) is 16.4. The van der Waals surface area contributed by atoms with Gasteiger partial charge in [0.15, 0.2) is 0 Å². The molecule has 1 aliphatic rings. The summed E-state index contributed by atoms with van der Waals surface area (Å²) in [7, 11) is 0. The van der Waals surface area contributed by atoms with Crippen LogP contribution in [0.1, 0.15) is 32.3 Å². The first kappa shape index (κ1) is 27.1. The van der Waals surface area contributed by atoms with Gasteiger partial charge < -0.3 is 10.2 Å². The molecule has 1 N–H and O–H groups in total. The molecule has 1 fully saturated rings. The molecule has 2 atom stereocenters. The number of carbonyl (C=O) groups is 1. The standard InChI is InChI=1S/C26H26Cl2F3N5O/c1-15(16(2)27)25(37)34-19-8-11-36(12-9-19)22-14-33-23(17-3-5-18(6-4-17)26(29,30)31)24(35-22)20-7-10-32-13-21(20)28/h3-7,10,13-16,19H,8-9,11-12H2,1-2H3,(H,34,37)/t15-,16?/m0/s1. The van der Waals surface area contributed by atoms with Crippen LogP contribution in [0.3, 0.4) is 0 Å². The van der Waals surface area contributed by atoms with Crippen molar-refractivity contribution in [1.82, 2.24) is 20.3 Å². The van der Waals surface area contributed by atoms with Crippen molar-refractivity contribution in [2.45, 2.75) is 44.3 Å². The number of pyridine rings is 1. The molecule has 0 aliphatic carbocycles. The van der Waals surface area contributed by atoms with Crippen LogP contribution in [-0.4, -0.2) is 45.4 Å². The number of nitrogens with one attached hydrogen (secondary N) is 1. The number of hydrogen-bond acceptors (Lipinski definition) is 5. The molecule has 1 saturated heterocycles. The maximum atomic E-state index is 13.1. The van der Waals surface area contributed by atoms with Crippen molar-refractivity contribution in [2.75, 3.05) is 18.0 Å². The number of hydrogen-bond donors (Lipinski definition) is 1. The Kier molecular flexibility index (Phi) is 8.23. The van der Waals surface area contributed by atoms with Crippen molar-refractivity contribution < 1.29 is 18.0 Å². The van der Waals surface area contributed by atoms with Gasteiger partial charge in [-0.1, -0.05) is 30.7 Å². The maximum absolute atomic E-state index is 13.1. The van der Waals surface area contributed by atoms with E-state index in [1.807, 2.05) is 6.92 Å². The Bertz CT molecular complexity index is 1250. The second-order valence-electron chi connectivity index (χ2n) is 9.09. The monoisotopic (exact) mass is 551 g/mol. The topological polar surface area (TPSA) is 71.0 Å². The summed E-state index contributed by atoms with van der Waals surface area (Å²) in [5.74, 6) is 0.276. The molecule has 1 amide bonds. The van der Waals surface area contributed by atoms with Gasteiger partial charge in [0.1, 0.15) is 11.5 Å². The Hall–Kier alpha value is -2.91. The van der Waals surface area contributed by atoms with E-state index in [4.69, 9.17) is 28.2 Å². The fourth-order valence-electron chi connectivity index (χ4n) is 4.11. The molecule has 1 unspecified atom stereocenters. The van der Waals surface area contributed by atoms with Gasteiger partial charge >= 0.3 is 6.18 Å². The predicted octanol–water partition coefficient (Wildman–Crippen LogP) is 6.23. The molecule has 6 nitrogen and oxygen atoms in total. The molecule has 37 heavy (non-hydrogen) atoms. The molecule has 0 saturated carbocycles. The van der Waals surface area contributed by atoms with Gasteiger partial charge in [-0.3, -0.25) is 14.8 Å². The average molecular weight is 552 g/mol. The molecule has 3 heterocycles. The number of nitrogens with zero attached hydrogens (tertiary/aromatic N) is 4. The molecule has 1 aromatic carbocycles. The highest BCUT2D eigenvalue weighted by Crippen LogP contribution is 2.36. The maximum Gasteiger partial charge on any atom is 0.416 e. The minimum absolute atomic E-state index is 0.0371. The Morgan fingerprint density at radius 2 is 1.76 bits per heavy atom. The van der Waals surface area contributed by atoms with Gasteiger partial charge in [0.05, 0.1) is 28.4 Å². The van der Waals surface area contributed by atoms with Crippen LogP contribution in [0.5, 0.6) is 0 Å². The molecule has 3 aromatic rings. The van der Waals surface area contributed by atoms with Gasteiger partial charge in [-0.15, -0.1) is 11.6 Å². The lowest BCUT2D eigenvalue weighted by molar-refractivity contribution is -0.137. The number of anilines is 1. The first-order valence-corrected chi connectivity index (χ1v) is 12.7. The van der Waals surface area contributed by atoms with E-state index in [1.165, 1.54) is 18.3 Å². The van der Waals surface area contributed by atoms with E-state index < -0.39 is 11.7 Å². The zero-order valence-electron chi connectivity index (χ0n) is 20.3. The number of amides is 1. The third-order valence-electron chi connectivity index (χ3n) is 6.54. The summed E-state index contributed by atoms with van der Waals surface area (Å²) in [5.41, 5.74) is 1.18. The van der Waals surface area contributed by atoms with Crippen LogP contribution >= 0.6 is 23.2 Å². The minimum atomic E-state index is -4.43. The molecule has 11 heteroatoms. The van der Waals surface area contributed by atoms with E-state index in [-0.39, 0.29) is 23.2 Å². The number of carbonyl (C=O) groups excluding carboxylic acids is 1. The predicted molar refractivity (Wildman–Crippen MR) is 139 cm³/mol. The smallest absolute Gasteiger partial charge is 0.355 e. The molecule has 2 aromatic heterocycles. The first-order valence-electron chi connectivity index (χ1n) is 11.9. The highest BCUT2D eigenvalue weighted by molar-refractivity contribution is 6.33. The molecular weight excluding hydrogens is 526 g/mol. The van der Waals surface area contributed by atoms with E-state index in [9.17, 15) is 18.0 Å². The molecule has 0 spiro atoms. The fourth-order valence-corrected chi connectivity index (χ4v) is 4.43. The minimum Gasteiger partial charge on any atom is -0.355 e. The zero-order valence-corrected chi connectivity index (χ0v) is 21.8. The quantitative estimate of drug-likeness (QED) is 0.368. The van der Waals surface area contributed by atoms with E-state index in [0.717, 1.165) is 25.0 Å². The third-order valence-corrected chi connectivity index (χ3v) is 7.22. The molecular formula is C26H26Cl2F3N5O. The summed E-state index contributed by atoms with van der Waals surface area (Å²) in [4.78, 5) is 27.9. The van der Waals surface area contributed by atoms with Gasteiger partial charge in [-0.25, -0.2) is 4.98 Å². The van der Waals surface area contributed by atoms with Crippen molar-refractivity contribution in [3.63, 3.8) is 0 Å². The van der Waals surface area contributed by atoms with Gasteiger partial charge in [0.2, 0.25) is 5.91 Å². The van der Waals surface area contributed by atoms with E-state index >= 15 is 0 Å². The summed E-state index contributed by atoms with van der Waals surface area (Å²) in [6, 6.07) is 6.53. The largest absolute Gasteiger partial charge is 0.416 e. The number of alkyl halides is 4. The third kappa shape index (κ3) is 6.33. The fraction of sp³-hybridized carbons (Fsp3) is 0.385. The van der Waals surface area contributed by atoms with Crippen LogP contribution in [0.15, 0.2) is 48.9 Å². The van der Waals surface area contributed by atoms with E-state index in [1.54, 1.807) is 25.4 Å². The van der Waals surface area contributed by atoms with Gasteiger partial charge in [-0.2, -0.15) is 13.2 Å². The van der Waals surface area contributed by atoms with Gasteiger partial charge in [-0.05, 0) is 38.0 Å². The van der Waals surface area contributed by atoms with Crippen LogP contribution in [0, 0.1) is 5.92 Å². The Balaban J connectivity index is 1.59. The molecule has 0 radical (unpaired) electrons. The lowest BCUT2D eigenvalue weighted by Gasteiger charge is -2.34. The second-order valence-corrected chi connectivity index (χ2v) is 10.2. The van der Waals surface area contributed by atoms with Crippen molar-refractivity contribution in [2.24, 2.45) is 5.92 Å². The van der Waals surface area contributed by atoms with Crippen molar-refractivity contribution >= 4 is 34.9 Å². The SMILES string of the molecule is CC(Cl)[C@H](C)C(=O)NC1CCN(c2cnc(-c3ccc(C(F)(F)F)cc3)c(-c3ccncc3Cl)n2)CC1. The van der Waals surface area contributed by atoms with Crippen LogP contribution < -0.4 is 10.2 Å². The second kappa shape index (κ2) is 11.2. The summed E-state index contributed by atoms with van der Waals surface area (Å²) >= 11 is 12.5. The summed E-state index contributed by atoms with van der Waals surface area (Å²) in [6.07, 6.45) is 1.69. The zero-order chi connectivity index (χ0) is 26.7. The summed E-state index contributed by atoms with van der Waals surface area (Å²) < 4.78 is 39.2. The average Bonchev–Trinajstić information content (AvgIpc) is 2.88. The number of piperidine rings is 1. The Morgan fingerprint density at radius 1 is 1.08 bits per heavy atom. The summed E-state index contributed by atoms with van der Waals surface area (Å²) in [6.45, 7) is 4.90. The molecule has 196 valence electrons. The van der Waals surface area contributed by atoms with Crippen molar-refractivity contribution in [1.29, 1.82) is 0 Å². The van der Waals surface area contributed by atoms with Crippen LogP contribution in [-0.2, 0) is 11.0 Å². The summed E-state index contributed by atoms with van der Waals surface area (Å²) in [5, 5.41) is 3.17. The van der Waals surface area contributed by atoms with Crippen molar-refractivity contribution in [3.05, 3.63) is 59.5 Å². The highest BCUT2D eigenvalue weighted by atomic mass is 35.5. The number of benzene rings is 1. The van der Waals surface area contributed by atoms with E-state index in [0.29, 0.717) is 46.4 Å². The van der Waals surface area contributed by atoms with E-state index in [2.05, 4.69) is 20.2 Å². The lowest BCUT2D eigenvalue weighted by atomic mass is 10.0. The molecule has 0 bridgehead atoms. The molecule has 4 rings (SSSR count). The number of aromatic nitrogens is 3. The van der Waals surface area contributed by atoms with Gasteiger partial charge in [0, 0.05) is 48.0 Å². The lowest BCUT2D eigenvalue weighted by Crippen LogP contribution is -2.47. The highest BCUT2D eigenvalue weighted by Gasteiger charge is 2.30. The van der Waals surface area contributed by atoms with Crippen molar-refractivity contribution in [3.8, 4) is 22.5 Å². The van der Waals surface area contributed by atoms with Crippen LogP contribution in [0.4, 0.5) is 19.0 Å². The Morgan fingerprint density at radius 3 is 2.35 bits per heavy atom. The number of rotatable bonds is 6. The van der Waals surface area contributed by atoms with Gasteiger partial charge in [0.25, 0.3) is 0 Å². The van der Waals surface area contributed by atoms with Crippen LogP contribution in [0.25, 0.3) is 22.5 Å². The first-order chi connectivity index (χ1) is 17.5. The number of halogens is 5. The van der Waals surface area contributed by atoms with Crippen LogP contribution in [0.2, 0.25) is 5.02 Å².